The molecule has 1 aliphatic rings. The number of fused-ring (bicyclic) bond motifs is 1. The number of ether oxygens (including phenoxy) is 2. The van der Waals surface area contributed by atoms with Crippen molar-refractivity contribution < 1.29 is 9.47 Å². The number of pyridine rings is 1. The number of hydrogen-bond acceptors (Lipinski definition) is 4. The van der Waals surface area contributed by atoms with E-state index in [-0.39, 0.29) is 6.04 Å². The van der Waals surface area contributed by atoms with Crippen LogP contribution in [0.1, 0.15) is 17.2 Å². The highest BCUT2D eigenvalue weighted by molar-refractivity contribution is 5.45. The molecule has 1 atom stereocenters. The zero-order valence-corrected chi connectivity index (χ0v) is 11.5. The Labute approximate surface area is 118 Å². The van der Waals surface area contributed by atoms with Crippen LogP contribution in [0, 0.1) is 0 Å². The molecule has 0 fully saturated rings. The van der Waals surface area contributed by atoms with Crippen molar-refractivity contribution in [1.82, 2.24) is 10.3 Å². The third-order valence-corrected chi connectivity index (χ3v) is 3.51. The zero-order chi connectivity index (χ0) is 13.8. The molecule has 0 amide bonds. The summed E-state index contributed by atoms with van der Waals surface area (Å²) in [5, 5.41) is 3.36. The van der Waals surface area contributed by atoms with Crippen molar-refractivity contribution in [2.75, 3.05) is 20.3 Å². The predicted octanol–water partition coefficient (Wildman–Crippen LogP) is 2.36. The van der Waals surface area contributed by atoms with Crippen LogP contribution in [-0.2, 0) is 6.42 Å². The minimum absolute atomic E-state index is 0.244. The summed E-state index contributed by atoms with van der Waals surface area (Å²) < 4.78 is 11.2. The van der Waals surface area contributed by atoms with E-state index in [9.17, 15) is 0 Å². The fourth-order valence-corrected chi connectivity index (χ4v) is 2.42. The summed E-state index contributed by atoms with van der Waals surface area (Å²) in [7, 11) is 1.97. The van der Waals surface area contributed by atoms with Crippen LogP contribution < -0.4 is 14.8 Å². The van der Waals surface area contributed by atoms with E-state index < -0.39 is 0 Å². The largest absolute Gasteiger partial charge is 0.486 e. The summed E-state index contributed by atoms with van der Waals surface area (Å²) in [5.74, 6) is 1.67. The van der Waals surface area contributed by atoms with E-state index in [0.29, 0.717) is 13.2 Å². The molecular weight excluding hydrogens is 252 g/mol. The van der Waals surface area contributed by atoms with Crippen LogP contribution in [-0.4, -0.2) is 25.2 Å². The SMILES string of the molecule is CNC(Cc1ccncc1)c1ccc2c(c1)OCCO2. The number of rotatable bonds is 4. The van der Waals surface area contributed by atoms with E-state index in [1.54, 1.807) is 0 Å². The van der Waals surface area contributed by atoms with Crippen molar-refractivity contribution >= 4 is 0 Å². The van der Waals surface area contributed by atoms with Crippen molar-refractivity contribution in [2.24, 2.45) is 0 Å². The van der Waals surface area contributed by atoms with Crippen LogP contribution in [0.2, 0.25) is 0 Å². The molecule has 1 aromatic carbocycles. The Balaban J connectivity index is 1.82. The molecule has 0 bridgehead atoms. The fraction of sp³-hybridized carbons (Fsp3) is 0.312. The molecule has 20 heavy (non-hydrogen) atoms. The predicted molar refractivity (Wildman–Crippen MR) is 77.2 cm³/mol. The van der Waals surface area contributed by atoms with Gasteiger partial charge in [-0.2, -0.15) is 0 Å². The molecule has 4 nitrogen and oxygen atoms in total. The standard InChI is InChI=1S/C16H18N2O2/c1-17-14(10-12-4-6-18-7-5-12)13-2-3-15-16(11-13)20-9-8-19-15/h2-7,11,14,17H,8-10H2,1H3. The van der Waals surface area contributed by atoms with Crippen LogP contribution in [0.5, 0.6) is 11.5 Å². The van der Waals surface area contributed by atoms with Gasteiger partial charge in [-0.1, -0.05) is 6.07 Å². The molecule has 2 heterocycles. The quantitative estimate of drug-likeness (QED) is 0.926. The molecule has 1 unspecified atom stereocenters. The summed E-state index contributed by atoms with van der Waals surface area (Å²) in [4.78, 5) is 4.05. The van der Waals surface area contributed by atoms with Gasteiger partial charge in [0.05, 0.1) is 0 Å². The molecular formula is C16H18N2O2. The second-order valence-electron chi connectivity index (χ2n) is 4.80. The van der Waals surface area contributed by atoms with Gasteiger partial charge in [-0.3, -0.25) is 4.98 Å². The van der Waals surface area contributed by atoms with E-state index in [4.69, 9.17) is 9.47 Å². The number of benzene rings is 1. The lowest BCUT2D eigenvalue weighted by Gasteiger charge is -2.22. The maximum Gasteiger partial charge on any atom is 0.161 e. The molecule has 1 N–H and O–H groups in total. The molecule has 0 radical (unpaired) electrons. The average molecular weight is 270 g/mol. The molecule has 2 aromatic rings. The first-order chi connectivity index (χ1) is 9.86. The van der Waals surface area contributed by atoms with Crippen molar-refractivity contribution in [3.63, 3.8) is 0 Å². The van der Waals surface area contributed by atoms with E-state index in [1.165, 1.54) is 11.1 Å². The first-order valence-electron chi connectivity index (χ1n) is 6.82. The molecule has 0 saturated carbocycles. The Morgan fingerprint density at radius 3 is 2.60 bits per heavy atom. The lowest BCUT2D eigenvalue weighted by atomic mass is 9.99. The van der Waals surface area contributed by atoms with Gasteiger partial charge in [0.15, 0.2) is 11.5 Å². The maximum absolute atomic E-state index is 5.65. The summed E-state index contributed by atoms with van der Waals surface area (Å²) in [6, 6.07) is 10.5. The number of nitrogens with one attached hydrogen (secondary N) is 1. The van der Waals surface area contributed by atoms with E-state index in [0.717, 1.165) is 17.9 Å². The average Bonchev–Trinajstić information content (AvgIpc) is 2.53. The topological polar surface area (TPSA) is 43.4 Å². The Morgan fingerprint density at radius 2 is 1.85 bits per heavy atom. The van der Waals surface area contributed by atoms with Crippen LogP contribution in [0.3, 0.4) is 0 Å². The summed E-state index contributed by atoms with van der Waals surface area (Å²) in [5.41, 5.74) is 2.46. The van der Waals surface area contributed by atoms with Gasteiger partial charge in [-0.25, -0.2) is 0 Å². The lowest BCUT2D eigenvalue weighted by molar-refractivity contribution is 0.171. The van der Waals surface area contributed by atoms with E-state index >= 15 is 0 Å². The Hall–Kier alpha value is -2.07. The van der Waals surface area contributed by atoms with Crippen LogP contribution in [0.4, 0.5) is 0 Å². The molecule has 4 heteroatoms. The number of hydrogen-bond donors (Lipinski definition) is 1. The monoisotopic (exact) mass is 270 g/mol. The molecule has 3 rings (SSSR count). The van der Waals surface area contributed by atoms with Crippen molar-refractivity contribution in [3.05, 3.63) is 53.9 Å². The van der Waals surface area contributed by atoms with E-state index in [1.807, 2.05) is 37.6 Å². The molecule has 1 aromatic heterocycles. The highest BCUT2D eigenvalue weighted by atomic mass is 16.6. The molecule has 0 aliphatic carbocycles. The van der Waals surface area contributed by atoms with Crippen molar-refractivity contribution in [3.8, 4) is 11.5 Å². The highest BCUT2D eigenvalue weighted by Crippen LogP contribution is 2.33. The van der Waals surface area contributed by atoms with Crippen LogP contribution in [0.15, 0.2) is 42.7 Å². The first-order valence-corrected chi connectivity index (χ1v) is 6.82. The smallest absolute Gasteiger partial charge is 0.161 e. The summed E-state index contributed by atoms with van der Waals surface area (Å²) in [6.45, 7) is 1.24. The second kappa shape index (κ2) is 5.92. The van der Waals surface area contributed by atoms with Gasteiger partial charge in [0.2, 0.25) is 0 Å². The third-order valence-electron chi connectivity index (χ3n) is 3.51. The Kier molecular flexibility index (Phi) is 3.83. The number of aromatic nitrogens is 1. The highest BCUT2D eigenvalue weighted by Gasteiger charge is 2.16. The lowest BCUT2D eigenvalue weighted by Crippen LogP contribution is -2.20. The van der Waals surface area contributed by atoms with Crippen molar-refractivity contribution in [2.45, 2.75) is 12.5 Å². The first kappa shape index (κ1) is 12.9. The van der Waals surface area contributed by atoms with Gasteiger partial charge in [-0.15, -0.1) is 0 Å². The maximum atomic E-state index is 5.65. The van der Waals surface area contributed by atoms with Gasteiger partial charge in [0.1, 0.15) is 13.2 Å². The number of nitrogens with zero attached hydrogens (tertiary/aromatic N) is 1. The van der Waals surface area contributed by atoms with Crippen LogP contribution in [0.25, 0.3) is 0 Å². The minimum Gasteiger partial charge on any atom is -0.486 e. The van der Waals surface area contributed by atoms with Crippen LogP contribution >= 0.6 is 0 Å². The molecule has 104 valence electrons. The summed E-state index contributed by atoms with van der Waals surface area (Å²) >= 11 is 0. The molecule has 0 saturated heterocycles. The van der Waals surface area contributed by atoms with Gasteiger partial charge in [-0.05, 0) is 48.9 Å². The zero-order valence-electron chi connectivity index (χ0n) is 11.5. The molecule has 1 aliphatic heterocycles. The van der Waals surface area contributed by atoms with Crippen molar-refractivity contribution in [1.29, 1.82) is 0 Å². The Morgan fingerprint density at radius 1 is 1.10 bits per heavy atom. The molecule has 0 spiro atoms. The third kappa shape index (κ3) is 2.75. The van der Waals surface area contributed by atoms with Gasteiger partial charge >= 0.3 is 0 Å². The number of likely N-dealkylation sites (N-methyl/N-ethyl adjacent to an activating group) is 1. The Bertz CT molecular complexity index is 572. The van der Waals surface area contributed by atoms with Gasteiger partial charge in [0.25, 0.3) is 0 Å². The summed E-state index contributed by atoms with van der Waals surface area (Å²) in [6.07, 6.45) is 4.57. The van der Waals surface area contributed by atoms with Gasteiger partial charge < -0.3 is 14.8 Å². The normalized spacial score (nSPS) is 14.8. The fourth-order valence-electron chi connectivity index (χ4n) is 2.42. The van der Waals surface area contributed by atoms with E-state index in [2.05, 4.69) is 22.4 Å². The minimum atomic E-state index is 0.244. The van der Waals surface area contributed by atoms with Gasteiger partial charge in [0, 0.05) is 18.4 Å². The second-order valence-corrected chi connectivity index (χ2v) is 4.80.